The molecule has 1 fully saturated rings. The van der Waals surface area contributed by atoms with E-state index >= 15 is 0 Å². The lowest BCUT2D eigenvalue weighted by atomic mass is 9.96. The Morgan fingerprint density at radius 1 is 0.893 bits per heavy atom. The summed E-state index contributed by atoms with van der Waals surface area (Å²) in [5.41, 5.74) is 2.23. The second-order valence-corrected chi connectivity index (χ2v) is 6.56. The molecule has 1 amide bonds. The Balaban J connectivity index is 1.85. The average molecular weight is 370 g/mol. The first-order valence-electron chi connectivity index (χ1n) is 8.94. The Labute approximate surface area is 162 Å². The predicted octanol–water partition coefficient (Wildman–Crippen LogP) is 3.70. The fraction of sp³-hybridized carbons (Fsp3) is 0.0870. The van der Waals surface area contributed by atoms with Crippen LogP contribution in [0, 0.1) is 0 Å². The summed E-state index contributed by atoms with van der Waals surface area (Å²) in [6.07, 6.45) is 3.22. The number of aliphatic hydroxyl groups excluding tert-OH is 1. The van der Waals surface area contributed by atoms with Gasteiger partial charge in [0.15, 0.2) is 0 Å². The molecule has 0 radical (unpaired) electrons. The smallest absolute Gasteiger partial charge is 0.295 e. The zero-order valence-corrected chi connectivity index (χ0v) is 15.0. The topological polar surface area (TPSA) is 70.5 Å². The summed E-state index contributed by atoms with van der Waals surface area (Å²) in [4.78, 5) is 31.3. The summed E-state index contributed by atoms with van der Waals surface area (Å²) in [6.45, 7) is 0.268. The number of aromatic nitrogens is 1. The Bertz CT molecular complexity index is 1030. The van der Waals surface area contributed by atoms with Crippen molar-refractivity contribution in [3.63, 3.8) is 0 Å². The number of carbonyl (C=O) groups is 2. The molecule has 1 aliphatic rings. The first kappa shape index (κ1) is 17.7. The summed E-state index contributed by atoms with van der Waals surface area (Å²) < 4.78 is 0. The number of nitrogens with zero attached hydrogens (tertiary/aromatic N) is 2. The highest BCUT2D eigenvalue weighted by Crippen LogP contribution is 2.39. The molecule has 1 saturated heterocycles. The van der Waals surface area contributed by atoms with Gasteiger partial charge >= 0.3 is 0 Å². The number of ketones is 1. The highest BCUT2D eigenvalue weighted by Gasteiger charge is 2.45. The molecule has 1 aromatic heterocycles. The molecule has 1 unspecified atom stereocenters. The van der Waals surface area contributed by atoms with Crippen molar-refractivity contribution in [1.82, 2.24) is 9.88 Å². The van der Waals surface area contributed by atoms with E-state index in [2.05, 4.69) is 4.98 Å². The molecule has 28 heavy (non-hydrogen) atoms. The van der Waals surface area contributed by atoms with Crippen LogP contribution < -0.4 is 0 Å². The van der Waals surface area contributed by atoms with Gasteiger partial charge in [0.1, 0.15) is 5.76 Å². The minimum Gasteiger partial charge on any atom is -0.507 e. The van der Waals surface area contributed by atoms with Gasteiger partial charge in [0.2, 0.25) is 0 Å². The van der Waals surface area contributed by atoms with Crippen molar-refractivity contribution in [3.05, 3.63) is 107 Å². The minimum atomic E-state index is -0.681. The molecule has 3 aromatic rings. The van der Waals surface area contributed by atoms with Gasteiger partial charge in [0, 0.05) is 24.5 Å². The van der Waals surface area contributed by atoms with Crippen LogP contribution in [-0.4, -0.2) is 26.7 Å². The van der Waals surface area contributed by atoms with E-state index in [1.54, 1.807) is 48.8 Å². The van der Waals surface area contributed by atoms with Crippen LogP contribution in [0.1, 0.15) is 22.7 Å². The zero-order valence-electron chi connectivity index (χ0n) is 15.0. The van der Waals surface area contributed by atoms with Crippen LogP contribution in [0.2, 0.25) is 0 Å². The third-order valence-corrected chi connectivity index (χ3v) is 4.80. The lowest BCUT2D eigenvalue weighted by molar-refractivity contribution is -0.140. The average Bonchev–Trinajstić information content (AvgIpc) is 3.00. The molecular formula is C23H18N2O3. The normalized spacial score (nSPS) is 18.4. The van der Waals surface area contributed by atoms with Crippen molar-refractivity contribution >= 4 is 17.4 Å². The van der Waals surface area contributed by atoms with Gasteiger partial charge < -0.3 is 10.0 Å². The fourth-order valence-corrected chi connectivity index (χ4v) is 3.47. The molecule has 4 rings (SSSR count). The molecule has 0 bridgehead atoms. The summed E-state index contributed by atoms with van der Waals surface area (Å²) in [6, 6.07) is 21.1. The van der Waals surface area contributed by atoms with Crippen LogP contribution in [0.25, 0.3) is 5.76 Å². The van der Waals surface area contributed by atoms with Gasteiger partial charge in [0.25, 0.3) is 11.7 Å². The molecule has 2 aromatic carbocycles. The van der Waals surface area contributed by atoms with Gasteiger partial charge in [-0.05, 0) is 23.3 Å². The van der Waals surface area contributed by atoms with Crippen molar-refractivity contribution in [1.29, 1.82) is 0 Å². The molecule has 138 valence electrons. The number of aliphatic hydroxyl groups is 1. The number of likely N-dealkylation sites (tertiary alicyclic amines) is 1. The van der Waals surface area contributed by atoms with Crippen LogP contribution in [0.15, 0.2) is 90.8 Å². The summed E-state index contributed by atoms with van der Waals surface area (Å²) in [5.74, 6) is -1.47. The van der Waals surface area contributed by atoms with Crippen LogP contribution in [0.3, 0.4) is 0 Å². The summed E-state index contributed by atoms with van der Waals surface area (Å²) in [7, 11) is 0. The monoisotopic (exact) mass is 370 g/mol. The highest BCUT2D eigenvalue weighted by atomic mass is 16.3. The molecule has 0 aliphatic carbocycles. The van der Waals surface area contributed by atoms with Crippen LogP contribution in [0.4, 0.5) is 0 Å². The largest absolute Gasteiger partial charge is 0.507 e. The lowest BCUT2D eigenvalue weighted by Crippen LogP contribution is -2.29. The first-order valence-corrected chi connectivity index (χ1v) is 8.94. The summed E-state index contributed by atoms with van der Waals surface area (Å²) >= 11 is 0. The van der Waals surface area contributed by atoms with Crippen LogP contribution in [-0.2, 0) is 16.1 Å². The van der Waals surface area contributed by atoms with Crippen molar-refractivity contribution in [3.8, 4) is 0 Å². The van der Waals surface area contributed by atoms with Crippen LogP contribution >= 0.6 is 0 Å². The second-order valence-electron chi connectivity index (χ2n) is 6.56. The Hall–Kier alpha value is -3.73. The number of pyridine rings is 1. The summed E-state index contributed by atoms with van der Waals surface area (Å²) in [5, 5.41) is 10.9. The number of benzene rings is 2. The van der Waals surface area contributed by atoms with E-state index in [9.17, 15) is 14.7 Å². The van der Waals surface area contributed by atoms with Crippen molar-refractivity contribution < 1.29 is 14.7 Å². The maximum absolute atomic E-state index is 12.9. The quantitative estimate of drug-likeness (QED) is 0.432. The maximum Gasteiger partial charge on any atom is 0.295 e. The molecule has 0 saturated carbocycles. The number of amides is 1. The minimum absolute atomic E-state index is 0.0957. The molecule has 1 N–H and O–H groups in total. The van der Waals surface area contributed by atoms with E-state index in [0.717, 1.165) is 11.1 Å². The predicted molar refractivity (Wildman–Crippen MR) is 105 cm³/mol. The van der Waals surface area contributed by atoms with E-state index in [1.165, 1.54) is 4.90 Å². The van der Waals surface area contributed by atoms with Crippen LogP contribution in [0.5, 0.6) is 0 Å². The number of carbonyl (C=O) groups excluding carboxylic acids is 2. The number of Topliss-reactive ketones (excluding diaryl/α,β-unsaturated/α-hetero) is 1. The molecule has 0 spiro atoms. The van der Waals surface area contributed by atoms with Gasteiger partial charge in [-0.2, -0.15) is 0 Å². The lowest BCUT2D eigenvalue weighted by Gasteiger charge is -2.25. The molecule has 1 atom stereocenters. The SMILES string of the molecule is O=C1C(=O)N(Cc2ccccc2)C(c2ccncc2)C1=C(O)c1ccccc1. The van der Waals surface area contributed by atoms with E-state index in [1.807, 2.05) is 36.4 Å². The number of hydrogen-bond acceptors (Lipinski definition) is 4. The van der Waals surface area contributed by atoms with Gasteiger partial charge in [-0.25, -0.2) is 0 Å². The third-order valence-electron chi connectivity index (χ3n) is 4.80. The number of hydrogen-bond donors (Lipinski definition) is 1. The fourth-order valence-electron chi connectivity index (χ4n) is 3.47. The van der Waals surface area contributed by atoms with E-state index in [4.69, 9.17) is 0 Å². The first-order chi connectivity index (χ1) is 13.7. The zero-order chi connectivity index (χ0) is 19.5. The van der Waals surface area contributed by atoms with E-state index in [0.29, 0.717) is 5.56 Å². The van der Waals surface area contributed by atoms with Gasteiger partial charge in [-0.1, -0.05) is 60.7 Å². The molecule has 2 heterocycles. The van der Waals surface area contributed by atoms with Gasteiger partial charge in [0.05, 0.1) is 11.6 Å². The van der Waals surface area contributed by atoms with Gasteiger partial charge in [-0.15, -0.1) is 0 Å². The third kappa shape index (κ3) is 3.18. The van der Waals surface area contributed by atoms with Crippen molar-refractivity contribution in [2.45, 2.75) is 12.6 Å². The Morgan fingerprint density at radius 3 is 2.14 bits per heavy atom. The van der Waals surface area contributed by atoms with Crippen molar-refractivity contribution in [2.24, 2.45) is 0 Å². The molecular weight excluding hydrogens is 352 g/mol. The number of rotatable bonds is 4. The van der Waals surface area contributed by atoms with E-state index < -0.39 is 17.7 Å². The molecule has 5 nitrogen and oxygen atoms in total. The van der Waals surface area contributed by atoms with Crippen molar-refractivity contribution in [2.75, 3.05) is 0 Å². The maximum atomic E-state index is 12.9. The Kier molecular flexibility index (Phi) is 4.72. The van der Waals surface area contributed by atoms with Gasteiger partial charge in [-0.3, -0.25) is 14.6 Å². The highest BCUT2D eigenvalue weighted by molar-refractivity contribution is 6.46. The molecule has 5 heteroatoms. The second kappa shape index (κ2) is 7.48. The van der Waals surface area contributed by atoms with E-state index in [-0.39, 0.29) is 17.9 Å². The standard InChI is InChI=1S/C23H18N2O3/c26-21(18-9-5-2-6-10-18)19-20(17-11-13-24-14-12-17)25(23(28)22(19)27)15-16-7-3-1-4-8-16/h1-14,20,26H,15H2. The Morgan fingerprint density at radius 2 is 1.50 bits per heavy atom. The molecule has 1 aliphatic heterocycles.